The van der Waals surface area contributed by atoms with Crippen LogP contribution in [0.2, 0.25) is 0 Å². The average molecular weight is 348 g/mol. The zero-order valence-corrected chi connectivity index (χ0v) is 15.9. The highest BCUT2D eigenvalue weighted by atomic mass is 16.5. The van der Waals surface area contributed by atoms with Gasteiger partial charge in [-0.1, -0.05) is 0 Å². The van der Waals surface area contributed by atoms with Crippen molar-refractivity contribution in [3.8, 4) is 12.0 Å². The van der Waals surface area contributed by atoms with E-state index in [2.05, 4.69) is 29.9 Å². The van der Waals surface area contributed by atoms with E-state index < -0.39 is 0 Å². The lowest BCUT2D eigenvalue weighted by Gasteiger charge is -2.17. The summed E-state index contributed by atoms with van der Waals surface area (Å²) in [7, 11) is 14.7. The second-order valence-electron chi connectivity index (χ2n) is 6.12. The maximum absolute atomic E-state index is 5.71. The molecule has 0 aliphatic carbocycles. The van der Waals surface area contributed by atoms with E-state index >= 15 is 0 Å². The number of ether oxygens (including phenoxy) is 1. The molecule has 0 saturated heterocycles. The Kier molecular flexibility index (Phi) is 5.35. The van der Waals surface area contributed by atoms with Crippen LogP contribution < -0.4 is 24.3 Å². The van der Waals surface area contributed by atoms with Crippen LogP contribution in [0.4, 0.5) is 23.8 Å². The number of nitrogens with zero attached hydrogens (tertiary/aromatic N) is 10. The standard InChI is InChI=1S/C14H24N10O/c1-21(2)9-15-10(22(3)4)18-13(17-9)25-14-19-11(23(5)6)16-12(20-14)24(7)8/h1-8H3. The van der Waals surface area contributed by atoms with E-state index in [0.29, 0.717) is 23.8 Å². The van der Waals surface area contributed by atoms with Gasteiger partial charge in [0.25, 0.3) is 0 Å². The first-order chi connectivity index (χ1) is 11.7. The van der Waals surface area contributed by atoms with Crippen LogP contribution in [0.5, 0.6) is 12.0 Å². The van der Waals surface area contributed by atoms with Crippen molar-refractivity contribution in [1.29, 1.82) is 0 Å². The van der Waals surface area contributed by atoms with Gasteiger partial charge in [-0.15, -0.1) is 0 Å². The van der Waals surface area contributed by atoms with Crippen LogP contribution in [0.3, 0.4) is 0 Å². The third-order valence-corrected chi connectivity index (χ3v) is 2.97. The van der Waals surface area contributed by atoms with Crippen LogP contribution >= 0.6 is 0 Å². The number of aromatic nitrogens is 6. The first-order valence-electron chi connectivity index (χ1n) is 7.56. The summed E-state index contributed by atoms with van der Waals surface area (Å²) in [6, 6.07) is 0.228. The van der Waals surface area contributed by atoms with Gasteiger partial charge in [0.05, 0.1) is 0 Å². The molecule has 0 bridgehead atoms. The van der Waals surface area contributed by atoms with Crippen molar-refractivity contribution in [3.05, 3.63) is 0 Å². The summed E-state index contributed by atoms with van der Waals surface area (Å²) in [5.74, 6) is 1.90. The van der Waals surface area contributed by atoms with E-state index in [1.165, 1.54) is 0 Å². The summed E-state index contributed by atoms with van der Waals surface area (Å²) in [6.07, 6.45) is 0. The van der Waals surface area contributed by atoms with Gasteiger partial charge < -0.3 is 24.3 Å². The second-order valence-corrected chi connectivity index (χ2v) is 6.12. The minimum atomic E-state index is 0.114. The van der Waals surface area contributed by atoms with Gasteiger partial charge >= 0.3 is 12.0 Å². The molecule has 0 aromatic carbocycles. The maximum atomic E-state index is 5.71. The van der Waals surface area contributed by atoms with Gasteiger partial charge in [0.15, 0.2) is 0 Å². The Labute approximate surface area is 147 Å². The molecule has 0 saturated carbocycles. The largest absolute Gasteiger partial charge is 0.388 e. The first-order valence-corrected chi connectivity index (χ1v) is 7.56. The number of anilines is 4. The Hall–Kier alpha value is -2.98. The fourth-order valence-electron chi connectivity index (χ4n) is 1.64. The average Bonchev–Trinajstić information content (AvgIpc) is 2.53. The number of hydrogen-bond donors (Lipinski definition) is 0. The number of rotatable bonds is 6. The van der Waals surface area contributed by atoms with Crippen LogP contribution in [0.1, 0.15) is 0 Å². The molecule has 0 aliphatic rings. The molecule has 2 aromatic rings. The van der Waals surface area contributed by atoms with Crippen molar-refractivity contribution in [3.63, 3.8) is 0 Å². The Morgan fingerprint density at radius 2 is 0.680 bits per heavy atom. The zero-order chi connectivity index (χ0) is 18.7. The lowest BCUT2D eigenvalue weighted by atomic mass is 10.7. The second kappa shape index (κ2) is 7.28. The van der Waals surface area contributed by atoms with Crippen LogP contribution in [0, 0.1) is 0 Å². The molecule has 136 valence electrons. The van der Waals surface area contributed by atoms with Crippen LogP contribution in [-0.2, 0) is 0 Å². The molecule has 2 aromatic heterocycles. The quantitative estimate of drug-likeness (QED) is 0.711. The van der Waals surface area contributed by atoms with Gasteiger partial charge in [0, 0.05) is 56.4 Å². The molecule has 0 radical (unpaired) electrons. The van der Waals surface area contributed by atoms with Crippen molar-refractivity contribution in [2.24, 2.45) is 0 Å². The molecule has 0 N–H and O–H groups in total. The van der Waals surface area contributed by atoms with Crippen LogP contribution in [0.25, 0.3) is 0 Å². The third kappa shape index (κ3) is 4.52. The maximum Gasteiger partial charge on any atom is 0.331 e. The molecule has 11 heteroatoms. The lowest BCUT2D eigenvalue weighted by molar-refractivity contribution is 0.404. The molecule has 0 amide bonds. The molecule has 11 nitrogen and oxygen atoms in total. The summed E-state index contributed by atoms with van der Waals surface area (Å²) in [5.41, 5.74) is 0. The Morgan fingerprint density at radius 1 is 0.440 bits per heavy atom. The third-order valence-electron chi connectivity index (χ3n) is 2.97. The van der Waals surface area contributed by atoms with Crippen molar-refractivity contribution in [2.45, 2.75) is 0 Å². The predicted molar refractivity (Wildman–Crippen MR) is 97.0 cm³/mol. The Bertz CT molecular complexity index is 618. The predicted octanol–water partition coefficient (Wildman–Crippen LogP) is 0.113. The van der Waals surface area contributed by atoms with Crippen molar-refractivity contribution < 1.29 is 4.74 Å². The van der Waals surface area contributed by atoms with E-state index in [1.807, 2.05) is 56.4 Å². The van der Waals surface area contributed by atoms with E-state index in [-0.39, 0.29) is 12.0 Å². The zero-order valence-electron chi connectivity index (χ0n) is 15.9. The molecule has 25 heavy (non-hydrogen) atoms. The molecule has 0 unspecified atom stereocenters. The summed E-state index contributed by atoms with van der Waals surface area (Å²) in [6.45, 7) is 0. The molecule has 0 atom stereocenters. The van der Waals surface area contributed by atoms with E-state index in [0.717, 1.165) is 0 Å². The molecule has 0 aliphatic heterocycles. The summed E-state index contributed by atoms with van der Waals surface area (Å²) in [4.78, 5) is 32.9. The first kappa shape index (κ1) is 18.4. The highest BCUT2D eigenvalue weighted by molar-refractivity contribution is 5.40. The van der Waals surface area contributed by atoms with Gasteiger partial charge in [-0.25, -0.2) is 0 Å². The lowest BCUT2D eigenvalue weighted by Crippen LogP contribution is -2.20. The highest BCUT2D eigenvalue weighted by Gasteiger charge is 2.15. The minimum absolute atomic E-state index is 0.114. The Balaban J connectivity index is 2.44. The van der Waals surface area contributed by atoms with E-state index in [4.69, 9.17) is 4.74 Å². The fourth-order valence-corrected chi connectivity index (χ4v) is 1.64. The summed E-state index contributed by atoms with van der Waals surface area (Å²) in [5, 5.41) is 0. The van der Waals surface area contributed by atoms with Crippen LogP contribution in [-0.4, -0.2) is 86.3 Å². The van der Waals surface area contributed by atoms with Crippen molar-refractivity contribution in [1.82, 2.24) is 29.9 Å². The summed E-state index contributed by atoms with van der Waals surface area (Å²) >= 11 is 0. The van der Waals surface area contributed by atoms with Crippen molar-refractivity contribution in [2.75, 3.05) is 76.0 Å². The monoisotopic (exact) mass is 348 g/mol. The Morgan fingerprint density at radius 3 is 0.880 bits per heavy atom. The van der Waals surface area contributed by atoms with Gasteiger partial charge in [0.1, 0.15) is 0 Å². The van der Waals surface area contributed by atoms with Gasteiger partial charge in [-0.05, 0) is 0 Å². The van der Waals surface area contributed by atoms with E-state index in [9.17, 15) is 0 Å². The number of hydrogen-bond acceptors (Lipinski definition) is 11. The molecule has 0 fully saturated rings. The van der Waals surface area contributed by atoms with Crippen LogP contribution in [0.15, 0.2) is 0 Å². The molecule has 0 spiro atoms. The smallest absolute Gasteiger partial charge is 0.331 e. The van der Waals surface area contributed by atoms with E-state index in [1.54, 1.807) is 19.6 Å². The minimum Gasteiger partial charge on any atom is -0.388 e. The van der Waals surface area contributed by atoms with Gasteiger partial charge in [0.2, 0.25) is 23.8 Å². The highest BCUT2D eigenvalue weighted by Crippen LogP contribution is 2.21. The molecule has 2 rings (SSSR count). The molecular formula is C14H24N10O. The van der Waals surface area contributed by atoms with Gasteiger partial charge in [-0.3, -0.25) is 0 Å². The van der Waals surface area contributed by atoms with Gasteiger partial charge in [-0.2, -0.15) is 29.9 Å². The summed E-state index contributed by atoms with van der Waals surface area (Å²) < 4.78 is 5.71. The SMILES string of the molecule is CN(C)c1nc(Oc2nc(N(C)C)nc(N(C)C)n2)nc(N(C)C)n1. The van der Waals surface area contributed by atoms with Crippen molar-refractivity contribution >= 4 is 23.8 Å². The molecular weight excluding hydrogens is 324 g/mol. The fraction of sp³-hybridized carbons (Fsp3) is 0.571. The topological polar surface area (TPSA) is 99.5 Å². The normalized spacial score (nSPS) is 10.4. The molecule has 2 heterocycles.